The van der Waals surface area contributed by atoms with Crippen LogP contribution in [0.3, 0.4) is 0 Å². The van der Waals surface area contributed by atoms with E-state index in [1.807, 2.05) is 0 Å². The van der Waals surface area contributed by atoms with Crippen LogP contribution in [-0.4, -0.2) is 28.2 Å². The van der Waals surface area contributed by atoms with Gasteiger partial charge in [-0.15, -0.1) is 0 Å². The molecule has 0 aliphatic rings. The molecule has 0 amide bonds. The van der Waals surface area contributed by atoms with Crippen molar-refractivity contribution in [2.24, 2.45) is 5.73 Å². The Bertz CT molecular complexity index is 145. The number of nitrogens with two attached hydrogens (primary N) is 1. The van der Waals surface area contributed by atoms with Gasteiger partial charge in [-0.25, -0.2) is 0 Å². The summed E-state index contributed by atoms with van der Waals surface area (Å²) in [5.74, 6) is -2.20. The molecule has 58 valence electrons. The van der Waals surface area contributed by atoms with Crippen LogP contribution in [0.4, 0.5) is 0 Å². The Kier molecular flexibility index (Phi) is 3.42. The number of aliphatic carboxylic acids is 2. The van der Waals surface area contributed by atoms with Crippen molar-refractivity contribution < 1.29 is 19.8 Å². The lowest BCUT2D eigenvalue weighted by Gasteiger charge is -2.01. The molecule has 4 N–H and O–H groups in total. The first-order valence-electron chi connectivity index (χ1n) is 2.74. The van der Waals surface area contributed by atoms with Gasteiger partial charge in [0, 0.05) is 6.42 Å². The van der Waals surface area contributed by atoms with E-state index in [4.69, 9.17) is 15.9 Å². The monoisotopic (exact) mass is 150 g/mol. The van der Waals surface area contributed by atoms with Crippen LogP contribution in [0.2, 0.25) is 0 Å². The number of rotatable bonds is 4. The second-order valence-electron chi connectivity index (χ2n) is 1.88. The summed E-state index contributed by atoms with van der Waals surface area (Å²) < 4.78 is 0. The molecule has 0 saturated carbocycles. The Morgan fingerprint density at radius 3 is 2.20 bits per heavy atom. The van der Waals surface area contributed by atoms with Crippen LogP contribution in [0.5, 0.6) is 0 Å². The van der Waals surface area contributed by atoms with Crippen molar-refractivity contribution in [2.75, 3.05) is 0 Å². The molecule has 0 heterocycles. The molecule has 0 unspecified atom stereocenters. The van der Waals surface area contributed by atoms with Crippen molar-refractivity contribution >= 4 is 11.9 Å². The molecule has 0 fully saturated rings. The van der Waals surface area contributed by atoms with Crippen molar-refractivity contribution in [1.82, 2.24) is 0 Å². The van der Waals surface area contributed by atoms with Gasteiger partial charge in [-0.2, -0.15) is 0 Å². The van der Waals surface area contributed by atoms with Crippen LogP contribution >= 0.6 is 0 Å². The van der Waals surface area contributed by atoms with E-state index < -0.39 is 18.0 Å². The lowest BCUT2D eigenvalue weighted by molar-refractivity contribution is -0.139. The first kappa shape index (κ1) is 8.90. The second-order valence-corrected chi connectivity index (χ2v) is 1.88. The van der Waals surface area contributed by atoms with E-state index in [2.05, 4.69) is 0 Å². The third-order valence-electron chi connectivity index (χ3n) is 0.986. The highest BCUT2D eigenvalue weighted by molar-refractivity contribution is 5.74. The van der Waals surface area contributed by atoms with Crippen LogP contribution in [0.25, 0.3) is 0 Å². The lowest BCUT2D eigenvalue weighted by atomic mass is 10.6. The van der Waals surface area contributed by atoms with Gasteiger partial charge in [0.2, 0.25) is 0 Å². The average molecular weight is 150 g/mol. The van der Waals surface area contributed by atoms with Crippen LogP contribution in [0.15, 0.2) is 0 Å². The fourth-order valence-corrected chi connectivity index (χ4v) is 0.402. The Hall–Kier alpha value is -1.10. The standard InChI is InChI=1S/C5H9NO4/c6-3(5(9)10)1-2-4(7)8/h3H,1-2,6H2,(H,7,8)(H,9,10)/t3-/m0/s1/i1+1,2+1,5+1. The smallest absolute Gasteiger partial charge is 0.320 e. The molecule has 1 atom stereocenters. The summed E-state index contributed by atoms with van der Waals surface area (Å²) in [6.45, 7) is 0. The summed E-state index contributed by atoms with van der Waals surface area (Å²) in [5, 5.41) is 16.3. The molecule has 0 aliphatic heterocycles. The minimum atomic E-state index is -1.17. The van der Waals surface area contributed by atoms with Crippen molar-refractivity contribution in [1.29, 1.82) is 0 Å². The van der Waals surface area contributed by atoms with E-state index in [1.54, 1.807) is 0 Å². The Balaban J connectivity index is 3.49. The summed E-state index contributed by atoms with van der Waals surface area (Å²) in [4.78, 5) is 19.9. The predicted octanol–water partition coefficient (Wildman–Crippen LogP) is -0.737. The van der Waals surface area contributed by atoms with Crippen molar-refractivity contribution in [3.8, 4) is 0 Å². The molecule has 0 aromatic heterocycles. The number of carbonyl (C=O) groups is 2. The maximum Gasteiger partial charge on any atom is 0.320 e. The minimum absolute atomic E-state index is 0.0231. The van der Waals surface area contributed by atoms with E-state index in [9.17, 15) is 9.59 Å². The summed E-state index contributed by atoms with van der Waals surface area (Å²) >= 11 is 0. The number of carboxylic acid groups (broad SMARTS) is 2. The Labute approximate surface area is 57.5 Å². The predicted molar refractivity (Wildman–Crippen MR) is 32.5 cm³/mol. The molecule has 0 rings (SSSR count). The molecule has 5 nitrogen and oxygen atoms in total. The molecular weight excluding hydrogens is 141 g/mol. The molecular formula is C5H9NO4. The van der Waals surface area contributed by atoms with E-state index in [0.717, 1.165) is 0 Å². The summed E-state index contributed by atoms with van der Waals surface area (Å²) in [6.07, 6.45) is -0.224. The van der Waals surface area contributed by atoms with Crippen LogP contribution in [-0.2, 0) is 9.59 Å². The fourth-order valence-electron chi connectivity index (χ4n) is 0.402. The van der Waals surface area contributed by atoms with Gasteiger partial charge in [0.05, 0.1) is 0 Å². The lowest BCUT2D eigenvalue weighted by Crippen LogP contribution is -2.30. The summed E-state index contributed by atoms with van der Waals surface area (Å²) in [6, 6.07) is -1.06. The van der Waals surface area contributed by atoms with Gasteiger partial charge in [-0.05, 0) is 6.42 Å². The first-order chi connectivity index (χ1) is 4.54. The third-order valence-corrected chi connectivity index (χ3v) is 0.986. The molecule has 0 bridgehead atoms. The Morgan fingerprint density at radius 1 is 1.40 bits per heavy atom. The van der Waals surface area contributed by atoms with Crippen LogP contribution in [0, 0.1) is 0 Å². The van der Waals surface area contributed by atoms with Crippen LogP contribution < -0.4 is 5.73 Å². The topological polar surface area (TPSA) is 101 Å². The van der Waals surface area contributed by atoms with Gasteiger partial charge in [0.15, 0.2) is 0 Å². The van der Waals surface area contributed by atoms with Crippen LogP contribution in [0.1, 0.15) is 12.8 Å². The van der Waals surface area contributed by atoms with Crippen molar-refractivity contribution in [3.05, 3.63) is 0 Å². The van der Waals surface area contributed by atoms with E-state index in [0.29, 0.717) is 0 Å². The maximum absolute atomic E-state index is 9.99. The van der Waals surface area contributed by atoms with Gasteiger partial charge >= 0.3 is 11.9 Å². The summed E-state index contributed by atoms with van der Waals surface area (Å²) in [7, 11) is 0. The normalized spacial score (nSPS) is 12.5. The highest BCUT2D eigenvalue weighted by Gasteiger charge is 2.12. The summed E-state index contributed by atoms with van der Waals surface area (Å²) in [5.41, 5.74) is 5.00. The number of hydrogen-bond donors (Lipinski definition) is 3. The number of hydrogen-bond acceptors (Lipinski definition) is 3. The van der Waals surface area contributed by atoms with Gasteiger partial charge in [-0.1, -0.05) is 0 Å². The van der Waals surface area contributed by atoms with E-state index in [-0.39, 0.29) is 12.8 Å². The number of carboxylic acids is 2. The zero-order valence-electron chi connectivity index (χ0n) is 5.28. The highest BCUT2D eigenvalue weighted by Crippen LogP contribution is 1.93. The molecule has 0 aliphatic carbocycles. The van der Waals surface area contributed by atoms with E-state index >= 15 is 0 Å². The van der Waals surface area contributed by atoms with E-state index in [1.165, 1.54) is 0 Å². The second kappa shape index (κ2) is 3.84. The zero-order chi connectivity index (χ0) is 8.15. The van der Waals surface area contributed by atoms with Crippen molar-refractivity contribution in [2.45, 2.75) is 18.9 Å². The molecule has 10 heavy (non-hydrogen) atoms. The van der Waals surface area contributed by atoms with Crippen molar-refractivity contribution in [3.63, 3.8) is 0 Å². The first-order valence-corrected chi connectivity index (χ1v) is 2.74. The zero-order valence-corrected chi connectivity index (χ0v) is 5.28. The van der Waals surface area contributed by atoms with Gasteiger partial charge in [0.25, 0.3) is 0 Å². The SMILES string of the molecule is N[C@@H]([13CH2][13CH2]C(=O)O)[13C](=O)O. The molecule has 0 radical (unpaired) electrons. The van der Waals surface area contributed by atoms with Gasteiger partial charge < -0.3 is 15.9 Å². The molecule has 0 aromatic rings. The fraction of sp³-hybridized carbons (Fsp3) is 0.600. The highest BCUT2D eigenvalue weighted by atomic mass is 16.5. The Morgan fingerprint density at radius 2 is 1.90 bits per heavy atom. The molecule has 5 heteroatoms. The minimum Gasteiger partial charge on any atom is -0.481 e. The molecule has 0 saturated heterocycles. The van der Waals surface area contributed by atoms with Gasteiger partial charge in [-0.3, -0.25) is 9.59 Å². The molecule has 0 spiro atoms. The van der Waals surface area contributed by atoms with Gasteiger partial charge in [0.1, 0.15) is 6.04 Å². The maximum atomic E-state index is 9.99. The largest absolute Gasteiger partial charge is 0.481 e. The average Bonchev–Trinajstić information content (AvgIpc) is 1.82. The third kappa shape index (κ3) is 3.85. The molecule has 0 aromatic carbocycles. The quantitative estimate of drug-likeness (QED) is 0.458.